The molecule has 6 aliphatic rings. The van der Waals surface area contributed by atoms with E-state index in [9.17, 15) is 18.4 Å². The maximum atomic E-state index is 14.0. The molecule has 4 N–H and O–H groups in total. The molecule has 710 valence electrons. The van der Waals surface area contributed by atoms with Crippen molar-refractivity contribution in [2.24, 2.45) is 5.73 Å². The second-order valence-electron chi connectivity index (χ2n) is 33.2. The number of morpholine rings is 6. The van der Waals surface area contributed by atoms with E-state index in [4.69, 9.17) is 58.1 Å². The zero-order valence-corrected chi connectivity index (χ0v) is 79.7. The van der Waals surface area contributed by atoms with E-state index in [1.165, 1.54) is 40.2 Å². The van der Waals surface area contributed by atoms with Gasteiger partial charge in [0.1, 0.15) is 74.3 Å². The van der Waals surface area contributed by atoms with Gasteiger partial charge in [-0.15, -0.1) is 40.6 Å². The van der Waals surface area contributed by atoms with Gasteiger partial charge in [-0.25, -0.2) is 28.7 Å². The SMILES string of the molecule is C=CCNC(=O)CN1CCOC(c2nc(-c3ccccc3)cs2)C1.CC(C(N)=O)N1CCOC(c2nc(-c3ccccc3)cs2)C1.COc1ccnc(CN2CCOC(C)(c3ccccc3)C2)c1OC.Cc1nc(C2CN(C(C)c3ccncc3)CCO2)n[nH]1.Cc1nc(C2CN(Cc3ccccc3F)CCO2)no1.Fc1ccccc1-c1csc(C2CN(Cc3ccccc3)CCO2)n1. The summed E-state index contributed by atoms with van der Waals surface area (Å²) in [6, 6.07) is 60.6. The summed E-state index contributed by atoms with van der Waals surface area (Å²) in [6.07, 6.45) is 6.61. The first-order chi connectivity index (χ1) is 65.8. The van der Waals surface area contributed by atoms with Crippen LogP contribution in [0.5, 0.6) is 11.5 Å². The number of aryl methyl sites for hydroxylation is 2. The maximum absolute atomic E-state index is 14.0. The first-order valence-corrected chi connectivity index (χ1v) is 47.9. The van der Waals surface area contributed by atoms with Gasteiger partial charge in [0.2, 0.25) is 23.5 Å². The van der Waals surface area contributed by atoms with Crippen LogP contribution in [0.1, 0.15) is 124 Å². The molecule has 135 heavy (non-hydrogen) atoms. The van der Waals surface area contributed by atoms with Gasteiger partial charge in [0.25, 0.3) is 0 Å². The summed E-state index contributed by atoms with van der Waals surface area (Å²) in [5.41, 5.74) is 15.8. The first kappa shape index (κ1) is 99.4. The highest BCUT2D eigenvalue weighted by Gasteiger charge is 2.37. The van der Waals surface area contributed by atoms with Gasteiger partial charge in [-0.3, -0.25) is 54.1 Å². The second kappa shape index (κ2) is 50.3. The summed E-state index contributed by atoms with van der Waals surface area (Å²) in [4.78, 5) is 67.8. The molecule has 6 saturated heterocycles. The van der Waals surface area contributed by atoms with Crippen LogP contribution in [0.4, 0.5) is 8.78 Å². The number of methoxy groups -OCH3 is 2. The van der Waals surface area contributed by atoms with Crippen molar-refractivity contribution in [3.8, 4) is 45.3 Å². The number of thiazole rings is 3. The number of H-pyrrole nitrogens is 1. The van der Waals surface area contributed by atoms with Crippen LogP contribution in [0.3, 0.4) is 0 Å². The number of halogens is 2. The smallest absolute Gasteiger partial charge is 0.234 e. The van der Waals surface area contributed by atoms with Gasteiger partial charge < -0.3 is 53.5 Å². The fourth-order valence-electron chi connectivity index (χ4n) is 16.3. The summed E-state index contributed by atoms with van der Waals surface area (Å²) in [5, 5.41) is 22.6. The molecule has 0 radical (unpaired) electrons. The van der Waals surface area contributed by atoms with Crippen LogP contribution in [0.2, 0.25) is 0 Å². The number of nitrogens with one attached hydrogen (secondary N) is 2. The van der Waals surface area contributed by atoms with Gasteiger partial charge in [0, 0.05) is 181 Å². The maximum Gasteiger partial charge on any atom is 0.234 e. The highest BCUT2D eigenvalue weighted by Crippen LogP contribution is 2.38. The van der Waals surface area contributed by atoms with E-state index in [-0.39, 0.29) is 65.6 Å². The van der Waals surface area contributed by atoms with Crippen molar-refractivity contribution in [1.29, 1.82) is 0 Å². The van der Waals surface area contributed by atoms with Crippen molar-refractivity contribution in [3.05, 3.63) is 313 Å². The third-order valence-corrected chi connectivity index (χ3v) is 26.5. The van der Waals surface area contributed by atoms with Gasteiger partial charge >= 0.3 is 0 Å². The van der Waals surface area contributed by atoms with Crippen molar-refractivity contribution in [1.82, 2.24) is 85.0 Å². The Morgan fingerprint density at radius 2 is 1.09 bits per heavy atom. The molecule has 0 saturated carbocycles. The molecule has 19 rings (SSSR count). The fourth-order valence-corrected chi connectivity index (χ4v) is 18.9. The monoisotopic (exact) mass is 1890 g/mol. The number of amides is 2. The molecule has 13 heterocycles. The second-order valence-corrected chi connectivity index (χ2v) is 35.9. The molecule has 13 aromatic rings. The van der Waals surface area contributed by atoms with E-state index in [0.717, 1.165) is 120 Å². The number of ether oxygens (including phenoxy) is 8. The summed E-state index contributed by atoms with van der Waals surface area (Å²) in [7, 11) is 3.29. The van der Waals surface area contributed by atoms with Gasteiger partial charge in [-0.1, -0.05) is 163 Å². The molecule has 6 aromatic carbocycles. The Morgan fingerprint density at radius 3 is 1.68 bits per heavy atom. The van der Waals surface area contributed by atoms with Crippen molar-refractivity contribution < 1.29 is 60.8 Å². The van der Waals surface area contributed by atoms with Crippen LogP contribution in [-0.2, 0) is 63.2 Å². The fraction of sp³-hybridized carbons (Fsp3) is 0.376. The molecule has 0 bridgehead atoms. The molecule has 8 unspecified atom stereocenters. The van der Waals surface area contributed by atoms with Crippen molar-refractivity contribution in [2.45, 2.75) is 102 Å². The minimum absolute atomic E-state index is 0.0136. The molecule has 0 spiro atoms. The van der Waals surface area contributed by atoms with Crippen LogP contribution in [-0.4, -0.2) is 243 Å². The lowest BCUT2D eigenvalue weighted by Gasteiger charge is -2.40. The van der Waals surface area contributed by atoms with E-state index < -0.39 is 0 Å². The van der Waals surface area contributed by atoms with E-state index >= 15 is 0 Å². The molecule has 6 aliphatic heterocycles. The number of hydrogen-bond donors (Lipinski definition) is 3. The topological polar surface area (TPSA) is 310 Å². The minimum Gasteiger partial charge on any atom is -0.493 e. The Balaban J connectivity index is 0.000000130. The molecule has 34 heteroatoms. The summed E-state index contributed by atoms with van der Waals surface area (Å²) in [6.45, 7) is 29.7. The Hall–Kier alpha value is -11.6. The number of nitrogens with two attached hydrogens (primary N) is 1. The van der Waals surface area contributed by atoms with Crippen LogP contribution in [0.15, 0.2) is 240 Å². The Morgan fingerprint density at radius 1 is 0.563 bits per heavy atom. The quantitative estimate of drug-likeness (QED) is 0.0448. The number of benzene rings is 6. The molecular weight excluding hydrogens is 1780 g/mol. The number of pyridine rings is 2. The summed E-state index contributed by atoms with van der Waals surface area (Å²) >= 11 is 4.74. The van der Waals surface area contributed by atoms with Gasteiger partial charge in [0.15, 0.2) is 17.3 Å². The van der Waals surface area contributed by atoms with Gasteiger partial charge in [-0.05, 0) is 74.7 Å². The third kappa shape index (κ3) is 28.5. The molecule has 7 aromatic heterocycles. The van der Waals surface area contributed by atoms with Crippen LogP contribution >= 0.6 is 34.0 Å². The number of nitrogens with zero attached hydrogens (tertiary/aromatic N) is 15. The standard InChI is InChI=1S/C20H19FN2OS.C19H24N2O3.C18H21N3O2S.C16H19N3O2S.C14H16FN3O2.C14H19N5O/c21-17-9-5-4-8-16(17)18-14-25-20(22-18)19-13-23(10-11-24-19)12-15-6-2-1-3-7-15;1-19(15-7-5-4-6-8-15)14-21(11-12-24-19)13-16-18(23-3)17(22-2)9-10-20-16;1-2-8-19-17(22)12-21-9-10-23-16(11-21)18-20-15(13-24-18)14-6-4-3-5-7-14;1-11(15(17)20)19-7-8-21-14(9-19)16-18-13(10-22-16)12-5-3-2-4-6-12;1-10-16-14(17-20-10)13-9-18(6-7-19-13)8-11-4-2-3-5-12(11)15;1-10(12-3-5-15-6-4-12)19-7-8-20-13(9-19)14-16-11(2)17-18-14/h1-9,14,19H,10-13H2;4-10H,11-14H2,1-3H3;2-7,13,16H,1,8-12H2,(H,19,22);2-6,10-11,14H,7-9H2,1H3,(H2,17,20);2-5,13H,6-9H2,1H3;3-6,10,13H,7-9H2,1-2H3,(H,16,17,18). The Bertz CT molecular complexity index is 5800. The predicted octanol–water partition coefficient (Wildman–Crippen LogP) is 15.6. The summed E-state index contributed by atoms with van der Waals surface area (Å²) < 4.78 is 78.6. The average Bonchev–Trinajstić information content (AvgIpc) is 1.70. The summed E-state index contributed by atoms with van der Waals surface area (Å²) in [5.74, 6) is 3.35. The largest absolute Gasteiger partial charge is 0.493 e. The highest BCUT2D eigenvalue weighted by molar-refractivity contribution is 7.10. The van der Waals surface area contributed by atoms with Crippen LogP contribution < -0.4 is 20.5 Å². The van der Waals surface area contributed by atoms with E-state index in [1.807, 2.05) is 116 Å². The molecule has 0 aliphatic carbocycles. The Kier molecular flexibility index (Phi) is 37.1. The van der Waals surface area contributed by atoms with Crippen LogP contribution in [0, 0.1) is 25.5 Å². The van der Waals surface area contributed by atoms with Crippen molar-refractivity contribution >= 4 is 45.8 Å². The van der Waals surface area contributed by atoms with Gasteiger partial charge in [0.05, 0.1) is 83.5 Å². The molecule has 8 atom stereocenters. The average molecular weight is 1890 g/mol. The molecule has 29 nitrogen and oxygen atoms in total. The lowest BCUT2D eigenvalue weighted by molar-refractivity contribution is -0.126. The molecular formula is C101H118F2N18O11S3. The van der Waals surface area contributed by atoms with Crippen molar-refractivity contribution in [2.75, 3.05) is 145 Å². The predicted molar refractivity (Wildman–Crippen MR) is 516 cm³/mol. The van der Waals surface area contributed by atoms with Crippen LogP contribution in [0.25, 0.3) is 33.8 Å². The number of aromatic amines is 1. The zero-order valence-electron chi connectivity index (χ0n) is 77.2. The number of primary amides is 1. The minimum atomic E-state index is -0.314. The van der Waals surface area contributed by atoms with Crippen molar-refractivity contribution in [3.63, 3.8) is 0 Å². The third-order valence-electron chi connectivity index (χ3n) is 23.6. The highest BCUT2D eigenvalue weighted by atomic mass is 32.1. The number of hydrogen-bond acceptors (Lipinski definition) is 29. The lowest BCUT2D eigenvalue weighted by atomic mass is 9.94. The number of rotatable bonds is 25. The number of carbonyl (C=O) groups is 2. The first-order valence-electron chi connectivity index (χ1n) is 45.3. The lowest BCUT2D eigenvalue weighted by Crippen LogP contribution is -2.48. The number of carbonyl (C=O) groups excluding carboxylic acids is 2. The zero-order chi connectivity index (χ0) is 94.3. The molecule has 6 fully saturated rings. The molecule has 2 amide bonds. The Labute approximate surface area is 799 Å². The van der Waals surface area contributed by atoms with E-state index in [2.05, 4.69) is 174 Å². The normalized spacial score (nSPS) is 20.1. The van der Waals surface area contributed by atoms with E-state index in [0.29, 0.717) is 132 Å². The number of aromatic nitrogens is 10. The van der Waals surface area contributed by atoms with Gasteiger partial charge in [-0.2, -0.15) is 10.1 Å². The van der Waals surface area contributed by atoms with E-state index in [1.54, 1.807) is 80.4 Å².